The molecule has 2 bridgehead atoms. The van der Waals surface area contributed by atoms with E-state index in [9.17, 15) is 4.79 Å². The van der Waals surface area contributed by atoms with Gasteiger partial charge in [0.2, 0.25) is 5.91 Å². The Morgan fingerprint density at radius 1 is 1.21 bits per heavy atom. The Bertz CT molecular complexity index is 480. The molecule has 1 N–H and O–H groups in total. The maximum absolute atomic E-state index is 12.5. The van der Waals surface area contributed by atoms with Crippen molar-refractivity contribution >= 4 is 11.6 Å². The predicted octanol–water partition coefficient (Wildman–Crippen LogP) is 4.18. The van der Waals surface area contributed by atoms with Gasteiger partial charge in [-0.25, -0.2) is 0 Å². The number of carbonyl (C=O) groups is 1. The zero-order valence-corrected chi connectivity index (χ0v) is 11.9. The molecule has 0 aliphatic heterocycles. The van der Waals surface area contributed by atoms with Gasteiger partial charge in [-0.2, -0.15) is 0 Å². The fourth-order valence-electron chi connectivity index (χ4n) is 3.91. The van der Waals surface area contributed by atoms with Crippen molar-refractivity contribution in [1.82, 2.24) is 0 Å². The van der Waals surface area contributed by atoms with Crippen LogP contribution in [0.2, 0.25) is 0 Å². The Hall–Kier alpha value is -1.31. The van der Waals surface area contributed by atoms with Gasteiger partial charge in [0.25, 0.3) is 0 Å². The number of carbonyl (C=O) groups excluding carboxylic acids is 1. The first kappa shape index (κ1) is 12.7. The first-order chi connectivity index (χ1) is 9.15. The van der Waals surface area contributed by atoms with Crippen molar-refractivity contribution < 1.29 is 4.79 Å². The zero-order chi connectivity index (χ0) is 13.4. The van der Waals surface area contributed by atoms with E-state index in [1.807, 2.05) is 18.2 Å². The summed E-state index contributed by atoms with van der Waals surface area (Å²) in [4.78, 5) is 12.5. The molecule has 0 unspecified atom stereocenters. The molecular weight excluding hydrogens is 234 g/mol. The molecule has 3 atom stereocenters. The first-order valence-electron chi connectivity index (χ1n) is 7.55. The lowest BCUT2D eigenvalue weighted by Crippen LogP contribution is -2.27. The monoisotopic (exact) mass is 257 g/mol. The molecule has 0 radical (unpaired) electrons. The minimum atomic E-state index is 0.250. The molecule has 0 spiro atoms. The molecular formula is C17H23NO. The van der Waals surface area contributed by atoms with Gasteiger partial charge in [0.15, 0.2) is 0 Å². The van der Waals surface area contributed by atoms with E-state index in [2.05, 4.69) is 25.2 Å². The van der Waals surface area contributed by atoms with Crippen molar-refractivity contribution in [3.63, 3.8) is 0 Å². The van der Waals surface area contributed by atoms with E-state index in [0.717, 1.165) is 18.0 Å². The van der Waals surface area contributed by atoms with E-state index >= 15 is 0 Å². The lowest BCUT2D eigenvalue weighted by molar-refractivity contribution is -0.121. The van der Waals surface area contributed by atoms with Crippen LogP contribution in [0.3, 0.4) is 0 Å². The Morgan fingerprint density at radius 3 is 2.63 bits per heavy atom. The number of anilines is 1. The number of hydrogen-bond donors (Lipinski definition) is 1. The number of rotatable bonds is 3. The largest absolute Gasteiger partial charge is 0.326 e. The maximum Gasteiger partial charge on any atom is 0.227 e. The minimum Gasteiger partial charge on any atom is -0.326 e. The second-order valence-electron chi connectivity index (χ2n) is 6.51. The highest BCUT2D eigenvalue weighted by Gasteiger charge is 2.43. The summed E-state index contributed by atoms with van der Waals surface area (Å²) in [6.07, 6.45) is 5.00. The van der Waals surface area contributed by atoms with Crippen LogP contribution in [0.15, 0.2) is 24.3 Å². The van der Waals surface area contributed by atoms with Crippen molar-refractivity contribution in [2.75, 3.05) is 5.32 Å². The number of benzene rings is 1. The van der Waals surface area contributed by atoms with E-state index in [-0.39, 0.29) is 11.8 Å². The summed E-state index contributed by atoms with van der Waals surface area (Å²) in [6, 6.07) is 8.19. The molecule has 1 aromatic rings. The van der Waals surface area contributed by atoms with Crippen LogP contribution >= 0.6 is 0 Å². The third-order valence-corrected chi connectivity index (χ3v) is 4.92. The maximum atomic E-state index is 12.5. The Kier molecular flexibility index (Phi) is 3.34. The zero-order valence-electron chi connectivity index (χ0n) is 11.9. The summed E-state index contributed by atoms with van der Waals surface area (Å²) in [5.41, 5.74) is 2.24. The topological polar surface area (TPSA) is 29.1 Å². The van der Waals surface area contributed by atoms with Gasteiger partial charge in [-0.05, 0) is 48.6 Å². The Morgan fingerprint density at radius 2 is 2.00 bits per heavy atom. The van der Waals surface area contributed by atoms with Gasteiger partial charge >= 0.3 is 0 Å². The highest BCUT2D eigenvalue weighted by molar-refractivity contribution is 5.93. The van der Waals surface area contributed by atoms with Crippen LogP contribution in [0.4, 0.5) is 5.69 Å². The average molecular weight is 257 g/mol. The van der Waals surface area contributed by atoms with Crippen LogP contribution in [-0.2, 0) is 4.79 Å². The molecule has 2 nitrogen and oxygen atoms in total. The second kappa shape index (κ2) is 4.99. The third kappa shape index (κ3) is 2.41. The standard InChI is InChI=1S/C17H23NO/c1-11(2)14-5-3-4-6-16(14)18-17(19)15-10-12-7-8-13(15)9-12/h3-6,11-13,15H,7-10H2,1-2H3,(H,18,19)/t12-,13+,15-/m0/s1. The molecule has 102 valence electrons. The molecule has 2 aliphatic carbocycles. The molecule has 2 aliphatic rings. The average Bonchev–Trinajstić information content (AvgIpc) is 3.01. The fraction of sp³-hybridized carbons (Fsp3) is 0.588. The van der Waals surface area contributed by atoms with Crippen LogP contribution < -0.4 is 5.32 Å². The van der Waals surface area contributed by atoms with E-state index in [1.165, 1.54) is 24.8 Å². The summed E-state index contributed by atoms with van der Waals surface area (Å²) >= 11 is 0. The van der Waals surface area contributed by atoms with E-state index in [0.29, 0.717) is 11.8 Å². The first-order valence-corrected chi connectivity index (χ1v) is 7.55. The van der Waals surface area contributed by atoms with Crippen molar-refractivity contribution in [3.8, 4) is 0 Å². The Labute approximate surface area is 115 Å². The van der Waals surface area contributed by atoms with Gasteiger partial charge in [0, 0.05) is 11.6 Å². The molecule has 2 saturated carbocycles. The quantitative estimate of drug-likeness (QED) is 0.864. The van der Waals surface area contributed by atoms with Crippen LogP contribution in [0.25, 0.3) is 0 Å². The highest BCUT2D eigenvalue weighted by atomic mass is 16.1. The smallest absolute Gasteiger partial charge is 0.227 e. The summed E-state index contributed by atoms with van der Waals surface area (Å²) in [5, 5.41) is 3.18. The van der Waals surface area contributed by atoms with Crippen LogP contribution in [0, 0.1) is 17.8 Å². The lowest BCUT2D eigenvalue weighted by Gasteiger charge is -2.22. The van der Waals surface area contributed by atoms with Gasteiger partial charge in [0.05, 0.1) is 0 Å². The molecule has 2 fully saturated rings. The summed E-state index contributed by atoms with van der Waals surface area (Å²) in [5.74, 6) is 2.42. The number of fused-ring (bicyclic) bond motifs is 2. The van der Waals surface area contributed by atoms with Crippen LogP contribution in [0.5, 0.6) is 0 Å². The van der Waals surface area contributed by atoms with E-state index < -0.39 is 0 Å². The highest BCUT2D eigenvalue weighted by Crippen LogP contribution is 2.48. The lowest BCUT2D eigenvalue weighted by atomic mass is 9.88. The molecule has 0 heterocycles. The number of para-hydroxylation sites is 1. The van der Waals surface area contributed by atoms with Crippen molar-refractivity contribution in [2.24, 2.45) is 17.8 Å². The molecule has 0 saturated heterocycles. The van der Waals surface area contributed by atoms with Crippen molar-refractivity contribution in [3.05, 3.63) is 29.8 Å². The van der Waals surface area contributed by atoms with Gasteiger partial charge in [-0.15, -0.1) is 0 Å². The van der Waals surface area contributed by atoms with Crippen molar-refractivity contribution in [1.29, 1.82) is 0 Å². The number of nitrogens with one attached hydrogen (secondary N) is 1. The van der Waals surface area contributed by atoms with Crippen LogP contribution in [-0.4, -0.2) is 5.91 Å². The molecule has 1 aromatic carbocycles. The molecule has 2 heteroatoms. The molecule has 19 heavy (non-hydrogen) atoms. The van der Waals surface area contributed by atoms with Gasteiger partial charge in [0.1, 0.15) is 0 Å². The van der Waals surface area contributed by atoms with Gasteiger partial charge < -0.3 is 5.32 Å². The van der Waals surface area contributed by atoms with Gasteiger partial charge in [-0.1, -0.05) is 38.5 Å². The van der Waals surface area contributed by atoms with E-state index in [4.69, 9.17) is 0 Å². The normalized spacial score (nSPS) is 28.9. The Balaban J connectivity index is 1.73. The third-order valence-electron chi connectivity index (χ3n) is 4.92. The van der Waals surface area contributed by atoms with Crippen LogP contribution in [0.1, 0.15) is 51.0 Å². The fourth-order valence-corrected chi connectivity index (χ4v) is 3.91. The SMILES string of the molecule is CC(C)c1ccccc1NC(=O)[C@H]1C[C@H]2CC[C@@H]1C2. The number of hydrogen-bond acceptors (Lipinski definition) is 1. The minimum absolute atomic E-state index is 0.250. The van der Waals surface area contributed by atoms with Gasteiger partial charge in [-0.3, -0.25) is 4.79 Å². The summed E-state index contributed by atoms with van der Waals surface area (Å²) < 4.78 is 0. The molecule has 3 rings (SSSR count). The van der Waals surface area contributed by atoms with Crippen molar-refractivity contribution in [2.45, 2.75) is 45.4 Å². The summed E-state index contributed by atoms with van der Waals surface area (Å²) in [6.45, 7) is 4.34. The van der Waals surface area contributed by atoms with E-state index in [1.54, 1.807) is 0 Å². The summed E-state index contributed by atoms with van der Waals surface area (Å²) in [7, 11) is 0. The molecule has 1 amide bonds. The predicted molar refractivity (Wildman–Crippen MR) is 78.1 cm³/mol. The second-order valence-corrected chi connectivity index (χ2v) is 6.51. The molecule has 0 aromatic heterocycles. The number of amides is 1.